The number of carbonyl (C=O) groups excluding carboxylic acids is 1. The van der Waals surface area contributed by atoms with Crippen LogP contribution in [-0.2, 0) is 24.3 Å². The van der Waals surface area contributed by atoms with Gasteiger partial charge < -0.3 is 14.8 Å². The van der Waals surface area contributed by atoms with Gasteiger partial charge in [-0.05, 0) is 43.5 Å². The minimum atomic E-state index is 0.247. The van der Waals surface area contributed by atoms with Gasteiger partial charge >= 0.3 is 0 Å². The molecule has 0 bridgehead atoms. The van der Waals surface area contributed by atoms with Gasteiger partial charge in [-0.1, -0.05) is 18.6 Å². The van der Waals surface area contributed by atoms with Gasteiger partial charge in [0.25, 0.3) is 0 Å². The zero-order valence-electron chi connectivity index (χ0n) is 17.0. The first-order valence-corrected chi connectivity index (χ1v) is 11.0. The van der Waals surface area contributed by atoms with Crippen LogP contribution in [0, 0.1) is 0 Å². The normalized spacial score (nSPS) is 23.2. The fraction of sp³-hybridized carbons (Fsp3) is 0.591. The Bertz CT molecular complexity index is 855. The third-order valence-electron chi connectivity index (χ3n) is 6.50. The summed E-state index contributed by atoms with van der Waals surface area (Å²) >= 11 is 0. The molecule has 7 nitrogen and oxygen atoms in total. The van der Waals surface area contributed by atoms with Crippen LogP contribution in [-0.4, -0.2) is 51.8 Å². The molecule has 0 spiro atoms. The van der Waals surface area contributed by atoms with E-state index >= 15 is 0 Å². The van der Waals surface area contributed by atoms with Crippen LogP contribution in [0.5, 0.6) is 0 Å². The van der Waals surface area contributed by atoms with Crippen molar-refractivity contribution in [3.63, 3.8) is 0 Å². The highest BCUT2D eigenvalue weighted by Gasteiger charge is 2.25. The van der Waals surface area contributed by atoms with Crippen LogP contribution in [0.1, 0.15) is 55.4 Å². The molecular weight excluding hydrogens is 364 g/mol. The number of anilines is 1. The van der Waals surface area contributed by atoms with E-state index in [1.165, 1.54) is 18.4 Å². The maximum atomic E-state index is 11.9. The molecule has 29 heavy (non-hydrogen) atoms. The van der Waals surface area contributed by atoms with Gasteiger partial charge in [-0.3, -0.25) is 9.69 Å². The van der Waals surface area contributed by atoms with Gasteiger partial charge in [0.1, 0.15) is 11.6 Å². The van der Waals surface area contributed by atoms with E-state index in [0.717, 1.165) is 75.9 Å². The molecule has 0 aliphatic carbocycles. The highest BCUT2D eigenvalue weighted by molar-refractivity contribution is 5.95. The lowest BCUT2D eigenvalue weighted by Crippen LogP contribution is -2.30. The van der Waals surface area contributed by atoms with Crippen molar-refractivity contribution in [2.75, 3.05) is 31.1 Å². The smallest absolute Gasteiger partial charge is 0.227 e. The molecule has 1 atom stereocenters. The van der Waals surface area contributed by atoms with Crippen molar-refractivity contribution in [2.45, 2.75) is 57.7 Å². The quantitative estimate of drug-likeness (QED) is 0.862. The molecular formula is C22H30N6O. The average molecular weight is 395 g/mol. The van der Waals surface area contributed by atoms with Crippen LogP contribution in [0.15, 0.2) is 24.3 Å². The van der Waals surface area contributed by atoms with Crippen molar-refractivity contribution in [1.82, 2.24) is 25.0 Å². The first kappa shape index (κ1) is 18.8. The molecule has 4 heterocycles. The summed E-state index contributed by atoms with van der Waals surface area (Å²) in [5.41, 5.74) is 2.33. The molecule has 3 aliphatic heterocycles. The summed E-state index contributed by atoms with van der Waals surface area (Å²) in [5.74, 6) is 2.50. The number of amides is 1. The maximum Gasteiger partial charge on any atom is 0.227 e. The summed E-state index contributed by atoms with van der Waals surface area (Å²) in [6.07, 6.45) is 6.28. The second-order valence-electron chi connectivity index (χ2n) is 8.47. The summed E-state index contributed by atoms with van der Waals surface area (Å²) in [4.78, 5) is 16.3. The highest BCUT2D eigenvalue weighted by Crippen LogP contribution is 2.24. The lowest BCUT2D eigenvalue weighted by atomic mass is 10.0. The monoisotopic (exact) mass is 394 g/mol. The summed E-state index contributed by atoms with van der Waals surface area (Å²) in [6.45, 7) is 5.83. The number of hydrogen-bond acceptors (Lipinski definition) is 5. The van der Waals surface area contributed by atoms with Crippen molar-refractivity contribution in [3.8, 4) is 0 Å². The minimum Gasteiger partial charge on any atom is -0.312 e. The molecule has 2 fully saturated rings. The van der Waals surface area contributed by atoms with E-state index in [-0.39, 0.29) is 5.91 Å². The second-order valence-corrected chi connectivity index (χ2v) is 8.47. The Labute approximate surface area is 172 Å². The van der Waals surface area contributed by atoms with E-state index in [9.17, 15) is 4.79 Å². The van der Waals surface area contributed by atoms with Crippen LogP contribution >= 0.6 is 0 Å². The third-order valence-corrected chi connectivity index (χ3v) is 6.50. The molecule has 7 heteroatoms. The number of nitrogens with one attached hydrogen (secondary N) is 1. The summed E-state index contributed by atoms with van der Waals surface area (Å²) in [6, 6.07) is 8.89. The molecule has 2 saturated heterocycles. The van der Waals surface area contributed by atoms with Crippen LogP contribution < -0.4 is 10.2 Å². The SMILES string of the molecule is O=C1CCCN1c1ccc(CN2CCc3nnc(C4CCCCN4)n3CC2)cc1. The number of nitrogens with zero attached hydrogens (tertiary/aromatic N) is 5. The van der Waals surface area contributed by atoms with E-state index in [1.54, 1.807) is 0 Å². The highest BCUT2D eigenvalue weighted by atomic mass is 16.2. The van der Waals surface area contributed by atoms with Crippen molar-refractivity contribution >= 4 is 11.6 Å². The standard InChI is InChI=1S/C22H30N6O/c29-21-5-3-12-27(21)18-8-6-17(7-9-18)16-26-13-10-20-24-25-22(28(20)15-14-26)19-4-1-2-11-23-19/h6-9,19,23H,1-5,10-16H2. The topological polar surface area (TPSA) is 66.3 Å². The molecule has 0 radical (unpaired) electrons. The first-order chi connectivity index (χ1) is 14.3. The van der Waals surface area contributed by atoms with Crippen molar-refractivity contribution in [1.29, 1.82) is 0 Å². The first-order valence-electron chi connectivity index (χ1n) is 11.0. The second kappa shape index (κ2) is 8.24. The fourth-order valence-electron chi connectivity index (χ4n) is 4.84. The number of piperidine rings is 1. The predicted octanol–water partition coefficient (Wildman–Crippen LogP) is 2.28. The molecule has 1 aromatic heterocycles. The van der Waals surface area contributed by atoms with Gasteiger partial charge in [0, 0.05) is 51.3 Å². The van der Waals surface area contributed by atoms with Gasteiger partial charge in [-0.15, -0.1) is 10.2 Å². The lowest BCUT2D eigenvalue weighted by Gasteiger charge is -2.24. The predicted molar refractivity (Wildman–Crippen MR) is 112 cm³/mol. The molecule has 0 saturated carbocycles. The average Bonchev–Trinajstić information content (AvgIpc) is 3.32. The molecule has 1 aromatic carbocycles. The molecule has 1 amide bonds. The number of hydrogen-bond donors (Lipinski definition) is 1. The van der Waals surface area contributed by atoms with Crippen LogP contribution in [0.4, 0.5) is 5.69 Å². The number of benzene rings is 1. The Morgan fingerprint density at radius 1 is 0.966 bits per heavy atom. The van der Waals surface area contributed by atoms with E-state index in [2.05, 4.69) is 49.2 Å². The molecule has 2 aromatic rings. The van der Waals surface area contributed by atoms with Gasteiger partial charge in [0.2, 0.25) is 5.91 Å². The van der Waals surface area contributed by atoms with Crippen molar-refractivity contribution < 1.29 is 4.79 Å². The molecule has 5 rings (SSSR count). The summed E-state index contributed by atoms with van der Waals surface area (Å²) in [5, 5.41) is 12.6. The van der Waals surface area contributed by atoms with Crippen LogP contribution in [0.3, 0.4) is 0 Å². The van der Waals surface area contributed by atoms with Crippen molar-refractivity contribution in [2.24, 2.45) is 0 Å². The van der Waals surface area contributed by atoms with Gasteiger partial charge in [-0.25, -0.2) is 0 Å². The molecule has 1 N–H and O–H groups in total. The Balaban J connectivity index is 1.22. The van der Waals surface area contributed by atoms with Crippen molar-refractivity contribution in [3.05, 3.63) is 41.5 Å². The van der Waals surface area contributed by atoms with E-state index in [1.807, 2.05) is 4.90 Å². The lowest BCUT2D eigenvalue weighted by molar-refractivity contribution is -0.117. The largest absolute Gasteiger partial charge is 0.312 e. The number of rotatable bonds is 4. The minimum absolute atomic E-state index is 0.247. The molecule has 154 valence electrons. The number of carbonyl (C=O) groups is 1. The van der Waals surface area contributed by atoms with Gasteiger partial charge in [0.05, 0.1) is 6.04 Å². The Hall–Kier alpha value is -2.25. The van der Waals surface area contributed by atoms with Crippen LogP contribution in [0.25, 0.3) is 0 Å². The summed E-state index contributed by atoms with van der Waals surface area (Å²) < 4.78 is 2.35. The van der Waals surface area contributed by atoms with E-state index < -0.39 is 0 Å². The van der Waals surface area contributed by atoms with Gasteiger partial charge in [-0.2, -0.15) is 0 Å². The fourth-order valence-corrected chi connectivity index (χ4v) is 4.84. The van der Waals surface area contributed by atoms with Gasteiger partial charge in [0.15, 0.2) is 0 Å². The Morgan fingerprint density at radius 3 is 2.62 bits per heavy atom. The number of aromatic nitrogens is 3. The third kappa shape index (κ3) is 3.94. The Kier molecular flexibility index (Phi) is 5.33. The molecule has 1 unspecified atom stereocenters. The zero-order chi connectivity index (χ0) is 19.6. The maximum absolute atomic E-state index is 11.9. The van der Waals surface area contributed by atoms with Crippen LogP contribution in [0.2, 0.25) is 0 Å². The zero-order valence-corrected chi connectivity index (χ0v) is 17.0. The molecule has 3 aliphatic rings. The number of fused-ring (bicyclic) bond motifs is 1. The van der Waals surface area contributed by atoms with E-state index in [0.29, 0.717) is 12.5 Å². The van der Waals surface area contributed by atoms with E-state index in [4.69, 9.17) is 0 Å². The summed E-state index contributed by atoms with van der Waals surface area (Å²) in [7, 11) is 0. The Morgan fingerprint density at radius 2 is 1.86 bits per heavy atom.